The fourth-order valence-corrected chi connectivity index (χ4v) is 11.5. The van der Waals surface area contributed by atoms with Gasteiger partial charge in [0, 0.05) is 24.0 Å². The molecule has 0 amide bonds. The molecule has 0 radical (unpaired) electrons. The van der Waals surface area contributed by atoms with E-state index in [0.29, 0.717) is 12.8 Å². The molecule has 0 bridgehead atoms. The van der Waals surface area contributed by atoms with Crippen LogP contribution >= 0.6 is 0 Å². The van der Waals surface area contributed by atoms with Crippen LogP contribution in [0.2, 0.25) is 5.04 Å². The molecule has 0 aromatic heterocycles. The van der Waals surface area contributed by atoms with E-state index in [0.717, 1.165) is 15.9 Å². The number of aliphatic hydroxyl groups is 2. The highest BCUT2D eigenvalue weighted by Gasteiger charge is 2.56. The number of ether oxygens (including phenoxy) is 1. The van der Waals surface area contributed by atoms with Gasteiger partial charge in [0.15, 0.2) is 0 Å². The number of benzene rings is 3. The molecule has 4 rings (SSSR count). The van der Waals surface area contributed by atoms with Gasteiger partial charge in [-0.25, -0.2) is 9.18 Å². The number of halogens is 1. The van der Waals surface area contributed by atoms with Gasteiger partial charge >= 0.3 is 5.97 Å². The van der Waals surface area contributed by atoms with Gasteiger partial charge in [-0.1, -0.05) is 99.6 Å². The molecule has 7 heteroatoms. The minimum absolute atomic E-state index is 0.233. The van der Waals surface area contributed by atoms with E-state index >= 15 is 0 Å². The molecule has 42 heavy (non-hydrogen) atoms. The molecule has 0 unspecified atom stereocenters. The summed E-state index contributed by atoms with van der Waals surface area (Å²) in [5, 5.41) is 24.5. The lowest BCUT2D eigenvalue weighted by atomic mass is 9.69. The summed E-state index contributed by atoms with van der Waals surface area (Å²) in [5.41, 5.74) is -0.0843. The van der Waals surface area contributed by atoms with Crippen LogP contribution in [0.3, 0.4) is 0 Å². The lowest BCUT2D eigenvalue weighted by Gasteiger charge is -2.44. The predicted octanol–water partition coefficient (Wildman–Crippen LogP) is 5.14. The molecule has 2 N–H and O–H groups in total. The number of carbonyl (C=O) groups excluding carboxylic acids is 1. The first-order chi connectivity index (χ1) is 20.1. The minimum atomic E-state index is -2.89. The van der Waals surface area contributed by atoms with Crippen molar-refractivity contribution in [2.45, 2.75) is 57.1 Å². The third-order valence-corrected chi connectivity index (χ3v) is 13.8. The number of esters is 1. The van der Waals surface area contributed by atoms with Crippen LogP contribution in [0.5, 0.6) is 0 Å². The molecule has 0 heterocycles. The molecular weight excluding hydrogens is 547 g/mol. The van der Waals surface area contributed by atoms with Crippen LogP contribution in [-0.2, 0) is 19.4 Å². The normalized spacial score (nSPS) is 22.9. The summed E-state index contributed by atoms with van der Waals surface area (Å²) in [6, 6.07) is 26.8. The van der Waals surface area contributed by atoms with Crippen molar-refractivity contribution in [3.8, 4) is 0 Å². The van der Waals surface area contributed by atoms with Gasteiger partial charge in [-0.05, 0) is 58.8 Å². The van der Waals surface area contributed by atoms with E-state index in [9.17, 15) is 19.4 Å². The monoisotopic (exact) mass is 590 g/mol. The number of carbonyl (C=O) groups is 1. The third-order valence-electron chi connectivity index (χ3n) is 8.84. The van der Waals surface area contributed by atoms with Gasteiger partial charge < -0.3 is 19.4 Å². The summed E-state index contributed by atoms with van der Waals surface area (Å²) in [6.45, 7) is 8.68. The zero-order valence-electron chi connectivity index (χ0n) is 25.0. The number of hydrogen-bond donors (Lipinski definition) is 2. The molecule has 4 atom stereocenters. The average molecular weight is 591 g/mol. The predicted molar refractivity (Wildman–Crippen MR) is 167 cm³/mol. The molecule has 0 spiro atoms. The van der Waals surface area contributed by atoms with Crippen LogP contribution in [0.15, 0.2) is 97.1 Å². The molecule has 0 saturated heterocycles. The van der Waals surface area contributed by atoms with E-state index in [2.05, 4.69) is 45.0 Å². The van der Waals surface area contributed by atoms with Crippen LogP contribution in [0.4, 0.5) is 4.39 Å². The number of aliphatic hydroxyl groups excluding tert-OH is 2. The first-order valence-corrected chi connectivity index (χ1v) is 16.6. The van der Waals surface area contributed by atoms with Crippen LogP contribution in [0.1, 0.15) is 46.1 Å². The van der Waals surface area contributed by atoms with Gasteiger partial charge in [0.05, 0.1) is 19.3 Å². The second kappa shape index (κ2) is 13.5. The van der Waals surface area contributed by atoms with E-state index < -0.39 is 25.8 Å². The van der Waals surface area contributed by atoms with Crippen LogP contribution in [0.25, 0.3) is 0 Å². The Morgan fingerprint density at radius 3 is 2.07 bits per heavy atom. The Balaban J connectivity index is 1.77. The highest BCUT2D eigenvalue weighted by molar-refractivity contribution is 6.99. The fourth-order valence-electron chi connectivity index (χ4n) is 6.85. The van der Waals surface area contributed by atoms with Crippen molar-refractivity contribution in [2.24, 2.45) is 11.8 Å². The van der Waals surface area contributed by atoms with Gasteiger partial charge in [0.2, 0.25) is 0 Å². The first-order valence-electron chi connectivity index (χ1n) is 14.7. The molecule has 3 aromatic carbocycles. The Bertz CT molecular complexity index is 1280. The molecule has 1 aliphatic rings. The summed E-state index contributed by atoms with van der Waals surface area (Å²) in [5.74, 6) is -1.44. The van der Waals surface area contributed by atoms with Crippen molar-refractivity contribution < 1.29 is 28.6 Å². The molecule has 224 valence electrons. The summed E-state index contributed by atoms with van der Waals surface area (Å²) >= 11 is 0. The van der Waals surface area contributed by atoms with E-state index in [-0.39, 0.29) is 42.5 Å². The summed E-state index contributed by atoms with van der Waals surface area (Å²) < 4.78 is 26.2. The van der Waals surface area contributed by atoms with Crippen LogP contribution in [-0.4, -0.2) is 50.4 Å². The summed E-state index contributed by atoms with van der Waals surface area (Å²) in [4.78, 5) is 12.1. The topological polar surface area (TPSA) is 76.0 Å². The zero-order valence-corrected chi connectivity index (χ0v) is 26.0. The second-order valence-electron chi connectivity index (χ2n) is 12.2. The maximum atomic E-state index is 13.9. The highest BCUT2D eigenvalue weighted by Crippen LogP contribution is 2.51. The van der Waals surface area contributed by atoms with Crippen molar-refractivity contribution in [3.05, 3.63) is 108 Å². The lowest BCUT2D eigenvalue weighted by molar-refractivity contribution is -0.137. The van der Waals surface area contributed by atoms with Crippen molar-refractivity contribution in [1.82, 2.24) is 0 Å². The smallest absolute Gasteiger partial charge is 0.330 e. The Labute approximate surface area is 250 Å². The zero-order chi connectivity index (χ0) is 30.4. The summed E-state index contributed by atoms with van der Waals surface area (Å²) in [6.07, 6.45) is 3.08. The van der Waals surface area contributed by atoms with Crippen LogP contribution in [0, 0.1) is 17.7 Å². The van der Waals surface area contributed by atoms with Gasteiger partial charge in [0.25, 0.3) is 8.32 Å². The molecule has 1 saturated carbocycles. The molecular formula is C35H43FO5Si. The van der Waals surface area contributed by atoms with E-state index in [4.69, 9.17) is 9.16 Å². The number of allylic oxidation sites excluding steroid dienone is 1. The van der Waals surface area contributed by atoms with Gasteiger partial charge in [-0.3, -0.25) is 0 Å². The highest BCUT2D eigenvalue weighted by atomic mass is 28.4. The molecule has 0 aliphatic heterocycles. The Hall–Kier alpha value is -3.10. The molecule has 3 aromatic rings. The average Bonchev–Trinajstić information content (AvgIpc) is 3.25. The number of hydrogen-bond acceptors (Lipinski definition) is 5. The van der Waals surface area contributed by atoms with E-state index in [1.807, 2.05) is 36.4 Å². The Morgan fingerprint density at radius 1 is 1.00 bits per heavy atom. The molecule has 1 aliphatic carbocycles. The fraction of sp³-hybridized carbons (Fsp3) is 0.400. The van der Waals surface area contributed by atoms with Crippen LogP contribution < -0.4 is 10.4 Å². The minimum Gasteiger partial charge on any atom is -0.463 e. The Morgan fingerprint density at radius 2 is 1.57 bits per heavy atom. The van der Waals surface area contributed by atoms with Gasteiger partial charge in [0.1, 0.15) is 5.82 Å². The second-order valence-corrected chi connectivity index (χ2v) is 16.5. The maximum Gasteiger partial charge on any atom is 0.330 e. The standard InChI is InChI=1S/C35H43FO5Si/c1-5-40-33(39)18-12-17-31-30(32(38)23-35(31,25-37)26-19-21-27(36)22-20-26)24-41-42(34(2,3)4,28-13-8-6-9-14-28)29-15-10-7-11-16-29/h6-16,18-22,30-32,37-38H,5,17,23-25H2,1-4H3/t30-,31-,32-,35-/m0/s1. The van der Waals surface area contributed by atoms with Crippen molar-refractivity contribution in [2.75, 3.05) is 19.8 Å². The molecule has 5 nitrogen and oxygen atoms in total. The van der Waals surface area contributed by atoms with Crippen molar-refractivity contribution in [3.63, 3.8) is 0 Å². The maximum absolute atomic E-state index is 13.9. The quantitative estimate of drug-likeness (QED) is 0.184. The van der Waals surface area contributed by atoms with Gasteiger partial charge in [-0.15, -0.1) is 0 Å². The molecule has 1 fully saturated rings. The number of rotatable bonds is 11. The van der Waals surface area contributed by atoms with Crippen molar-refractivity contribution in [1.29, 1.82) is 0 Å². The Kier molecular flexibility index (Phi) is 10.2. The van der Waals surface area contributed by atoms with E-state index in [1.165, 1.54) is 18.2 Å². The van der Waals surface area contributed by atoms with E-state index in [1.54, 1.807) is 25.1 Å². The summed E-state index contributed by atoms with van der Waals surface area (Å²) in [7, 11) is -2.89. The first kappa shape index (κ1) is 31.8. The largest absolute Gasteiger partial charge is 0.463 e. The third kappa shape index (κ3) is 6.30. The van der Waals surface area contributed by atoms with Crippen molar-refractivity contribution >= 4 is 24.7 Å². The SMILES string of the molecule is CCOC(=O)C=CC[C@H]1[C@H](CO[Si](c2ccccc2)(c2ccccc2)C(C)(C)C)[C@@H](O)C[C@]1(CO)c1ccc(F)cc1. The van der Waals surface area contributed by atoms with Gasteiger partial charge in [-0.2, -0.15) is 0 Å². The lowest BCUT2D eigenvalue weighted by Crippen LogP contribution is -2.67.